The minimum absolute atomic E-state index is 0.167. The van der Waals surface area contributed by atoms with Gasteiger partial charge in [-0.05, 0) is 23.3 Å². The molecule has 0 bridgehead atoms. The molecule has 1 N–H and O–H groups in total. The average Bonchev–Trinajstić information content (AvgIpc) is 3.11. The molecule has 3 rings (SSSR count). The number of hydrogen-bond acceptors (Lipinski definition) is 3. The summed E-state index contributed by atoms with van der Waals surface area (Å²) in [5.74, 6) is 0. The lowest BCUT2D eigenvalue weighted by molar-refractivity contribution is 0.184. The van der Waals surface area contributed by atoms with Crippen molar-refractivity contribution in [2.24, 2.45) is 0 Å². The van der Waals surface area contributed by atoms with Crippen LogP contribution in [-0.2, 0) is 13.1 Å². The number of benzene rings is 2. The van der Waals surface area contributed by atoms with E-state index in [9.17, 15) is 5.11 Å². The topological polar surface area (TPSA) is 41.3 Å². The van der Waals surface area contributed by atoms with Crippen molar-refractivity contribution < 1.29 is 5.11 Å². The Balaban J connectivity index is 1.67. The minimum Gasteiger partial charge on any atom is -0.395 e. The number of aromatic nitrogens is 2. The first-order valence-corrected chi connectivity index (χ1v) is 7.79. The van der Waals surface area contributed by atoms with Crippen molar-refractivity contribution in [3.63, 3.8) is 0 Å². The van der Waals surface area contributed by atoms with Gasteiger partial charge in [0.1, 0.15) is 0 Å². The van der Waals surface area contributed by atoms with Gasteiger partial charge in [-0.2, -0.15) is 0 Å². The highest BCUT2D eigenvalue weighted by Gasteiger charge is 2.07. The van der Waals surface area contributed by atoms with Gasteiger partial charge >= 0.3 is 0 Å². The van der Waals surface area contributed by atoms with E-state index >= 15 is 0 Å². The molecule has 0 atom stereocenters. The standard InChI is InChI=1S/C19H21N3O/c23-13-12-21(14-17-4-2-1-3-5-17)15-18-6-8-19(9-7-18)22-11-10-20-16-22/h1-11,16,23H,12-15H2. The first-order valence-electron chi connectivity index (χ1n) is 7.79. The summed E-state index contributed by atoms with van der Waals surface area (Å²) in [5.41, 5.74) is 3.59. The number of imidazole rings is 1. The van der Waals surface area contributed by atoms with Gasteiger partial charge in [0, 0.05) is 37.7 Å². The van der Waals surface area contributed by atoms with Crippen molar-refractivity contribution in [2.75, 3.05) is 13.2 Å². The number of hydrogen-bond donors (Lipinski definition) is 1. The highest BCUT2D eigenvalue weighted by Crippen LogP contribution is 2.13. The van der Waals surface area contributed by atoms with Gasteiger partial charge in [-0.15, -0.1) is 0 Å². The van der Waals surface area contributed by atoms with E-state index in [0.717, 1.165) is 18.8 Å². The fourth-order valence-electron chi connectivity index (χ4n) is 2.64. The Morgan fingerprint density at radius 2 is 1.61 bits per heavy atom. The Labute approximate surface area is 136 Å². The molecule has 0 spiro atoms. The Kier molecular flexibility index (Phi) is 5.19. The molecule has 1 heterocycles. The van der Waals surface area contributed by atoms with E-state index in [4.69, 9.17) is 0 Å². The van der Waals surface area contributed by atoms with Crippen LogP contribution >= 0.6 is 0 Å². The van der Waals surface area contributed by atoms with Crippen LogP contribution in [0.5, 0.6) is 0 Å². The van der Waals surface area contributed by atoms with Gasteiger partial charge in [-0.1, -0.05) is 42.5 Å². The number of nitrogens with zero attached hydrogens (tertiary/aromatic N) is 3. The SMILES string of the molecule is OCCN(Cc1ccccc1)Cc1ccc(-n2ccnc2)cc1. The van der Waals surface area contributed by atoms with Crippen LogP contribution in [0.25, 0.3) is 5.69 Å². The van der Waals surface area contributed by atoms with Crippen molar-refractivity contribution in [3.8, 4) is 5.69 Å². The minimum atomic E-state index is 0.167. The average molecular weight is 307 g/mol. The lowest BCUT2D eigenvalue weighted by Gasteiger charge is -2.21. The molecule has 2 aromatic carbocycles. The molecular formula is C19H21N3O. The molecular weight excluding hydrogens is 286 g/mol. The molecule has 0 saturated heterocycles. The summed E-state index contributed by atoms with van der Waals surface area (Å²) in [4.78, 5) is 6.32. The van der Waals surface area contributed by atoms with Gasteiger partial charge in [-0.25, -0.2) is 4.98 Å². The maximum atomic E-state index is 9.31. The highest BCUT2D eigenvalue weighted by atomic mass is 16.3. The van der Waals surface area contributed by atoms with Crippen molar-refractivity contribution in [1.82, 2.24) is 14.5 Å². The van der Waals surface area contributed by atoms with Crippen LogP contribution in [-0.4, -0.2) is 32.7 Å². The van der Waals surface area contributed by atoms with E-state index in [1.54, 1.807) is 12.5 Å². The molecule has 1 aromatic heterocycles. The lowest BCUT2D eigenvalue weighted by Crippen LogP contribution is -2.26. The molecule has 0 aliphatic rings. The lowest BCUT2D eigenvalue weighted by atomic mass is 10.1. The monoisotopic (exact) mass is 307 g/mol. The second-order valence-electron chi connectivity index (χ2n) is 5.56. The maximum absolute atomic E-state index is 9.31. The quantitative estimate of drug-likeness (QED) is 0.730. The van der Waals surface area contributed by atoms with Crippen LogP contribution in [0.3, 0.4) is 0 Å². The molecule has 23 heavy (non-hydrogen) atoms. The Morgan fingerprint density at radius 1 is 0.913 bits per heavy atom. The zero-order valence-electron chi connectivity index (χ0n) is 13.0. The van der Waals surface area contributed by atoms with Crippen LogP contribution in [0.1, 0.15) is 11.1 Å². The zero-order valence-corrected chi connectivity index (χ0v) is 13.0. The molecule has 0 radical (unpaired) electrons. The third-order valence-corrected chi connectivity index (χ3v) is 3.81. The predicted octanol–water partition coefficient (Wildman–Crippen LogP) is 2.87. The van der Waals surface area contributed by atoms with E-state index in [1.165, 1.54) is 11.1 Å². The maximum Gasteiger partial charge on any atom is 0.0991 e. The second-order valence-corrected chi connectivity index (χ2v) is 5.56. The molecule has 0 aliphatic carbocycles. The van der Waals surface area contributed by atoms with Gasteiger partial charge in [-0.3, -0.25) is 4.90 Å². The Morgan fingerprint density at radius 3 is 2.22 bits per heavy atom. The molecule has 4 heteroatoms. The summed E-state index contributed by atoms with van der Waals surface area (Å²) in [6.07, 6.45) is 5.50. The number of rotatable bonds is 7. The molecule has 0 aliphatic heterocycles. The summed E-state index contributed by atoms with van der Waals surface area (Å²) in [7, 11) is 0. The first-order chi connectivity index (χ1) is 11.3. The van der Waals surface area contributed by atoms with E-state index < -0.39 is 0 Å². The normalized spacial score (nSPS) is 11.0. The molecule has 4 nitrogen and oxygen atoms in total. The summed E-state index contributed by atoms with van der Waals surface area (Å²) < 4.78 is 1.99. The van der Waals surface area contributed by atoms with Crippen molar-refractivity contribution in [1.29, 1.82) is 0 Å². The van der Waals surface area contributed by atoms with Gasteiger partial charge in [0.2, 0.25) is 0 Å². The van der Waals surface area contributed by atoms with Crippen molar-refractivity contribution >= 4 is 0 Å². The summed E-state index contributed by atoms with van der Waals surface area (Å²) >= 11 is 0. The Bertz CT molecular complexity index is 693. The van der Waals surface area contributed by atoms with E-state index in [-0.39, 0.29) is 6.61 Å². The third kappa shape index (κ3) is 4.28. The van der Waals surface area contributed by atoms with Crippen LogP contribution in [0.15, 0.2) is 73.3 Å². The molecule has 3 aromatic rings. The smallest absolute Gasteiger partial charge is 0.0991 e. The van der Waals surface area contributed by atoms with E-state index in [1.807, 2.05) is 29.0 Å². The Hall–Kier alpha value is -2.43. The summed E-state index contributed by atoms with van der Waals surface area (Å²) in [6, 6.07) is 18.8. The molecule has 0 saturated carbocycles. The first kappa shape index (κ1) is 15.5. The van der Waals surface area contributed by atoms with Gasteiger partial charge < -0.3 is 9.67 Å². The van der Waals surface area contributed by atoms with Gasteiger partial charge in [0.05, 0.1) is 12.9 Å². The van der Waals surface area contributed by atoms with Crippen LogP contribution in [0, 0.1) is 0 Å². The van der Waals surface area contributed by atoms with E-state index in [2.05, 4.69) is 46.3 Å². The number of aliphatic hydroxyl groups excluding tert-OH is 1. The summed E-state index contributed by atoms with van der Waals surface area (Å²) in [5, 5.41) is 9.31. The predicted molar refractivity (Wildman–Crippen MR) is 91.2 cm³/mol. The van der Waals surface area contributed by atoms with E-state index in [0.29, 0.717) is 6.54 Å². The molecule has 0 fully saturated rings. The zero-order chi connectivity index (χ0) is 15.9. The fourth-order valence-corrected chi connectivity index (χ4v) is 2.64. The van der Waals surface area contributed by atoms with Crippen molar-refractivity contribution in [3.05, 3.63) is 84.4 Å². The largest absolute Gasteiger partial charge is 0.395 e. The molecule has 0 amide bonds. The molecule has 118 valence electrons. The van der Waals surface area contributed by atoms with Crippen LogP contribution < -0.4 is 0 Å². The van der Waals surface area contributed by atoms with Gasteiger partial charge in [0.15, 0.2) is 0 Å². The highest BCUT2D eigenvalue weighted by molar-refractivity contribution is 5.34. The van der Waals surface area contributed by atoms with Crippen molar-refractivity contribution in [2.45, 2.75) is 13.1 Å². The van der Waals surface area contributed by atoms with Crippen LogP contribution in [0.2, 0.25) is 0 Å². The second kappa shape index (κ2) is 7.72. The van der Waals surface area contributed by atoms with Crippen LogP contribution in [0.4, 0.5) is 0 Å². The number of aliphatic hydroxyl groups is 1. The summed E-state index contributed by atoms with van der Waals surface area (Å²) in [6.45, 7) is 2.49. The molecule has 0 unspecified atom stereocenters. The fraction of sp³-hybridized carbons (Fsp3) is 0.211. The van der Waals surface area contributed by atoms with Gasteiger partial charge in [0.25, 0.3) is 0 Å². The third-order valence-electron chi connectivity index (χ3n) is 3.81.